The first-order chi connectivity index (χ1) is 14.5. The molecule has 0 unspecified atom stereocenters. The van der Waals surface area contributed by atoms with Crippen LogP contribution in [0.3, 0.4) is 0 Å². The van der Waals surface area contributed by atoms with Crippen LogP contribution in [0.25, 0.3) is 11.0 Å². The second kappa shape index (κ2) is 8.08. The molecule has 8 nitrogen and oxygen atoms in total. The molecule has 1 amide bonds. The Kier molecular flexibility index (Phi) is 5.17. The molecule has 0 fully saturated rings. The fraction of sp³-hybridized carbons (Fsp3) is 0.0952. The van der Waals surface area contributed by atoms with E-state index < -0.39 is 29.5 Å². The average molecular weight is 405 g/mol. The van der Waals surface area contributed by atoms with Crippen LogP contribution in [0.4, 0.5) is 10.1 Å². The molecule has 0 saturated carbocycles. The van der Waals surface area contributed by atoms with E-state index in [-0.39, 0.29) is 23.3 Å². The number of pyridine rings is 2. The number of anilines is 1. The van der Waals surface area contributed by atoms with Gasteiger partial charge in [-0.2, -0.15) is 0 Å². The van der Waals surface area contributed by atoms with E-state index >= 15 is 0 Å². The zero-order valence-electron chi connectivity index (χ0n) is 15.7. The lowest BCUT2D eigenvalue weighted by Gasteiger charge is -2.14. The summed E-state index contributed by atoms with van der Waals surface area (Å²) in [5.41, 5.74) is -0.240. The molecule has 0 aliphatic rings. The van der Waals surface area contributed by atoms with Gasteiger partial charge in [-0.05, 0) is 42.0 Å². The number of nitrogens with zero attached hydrogens (tertiary/aromatic N) is 4. The normalized spacial score (nSPS) is 10.8. The van der Waals surface area contributed by atoms with Gasteiger partial charge in [0.05, 0.1) is 17.7 Å². The molecule has 0 aliphatic heterocycles. The molecule has 30 heavy (non-hydrogen) atoms. The number of para-hydroxylation sites is 1. The Morgan fingerprint density at radius 3 is 2.50 bits per heavy atom. The van der Waals surface area contributed by atoms with Crippen LogP contribution in [0.1, 0.15) is 5.56 Å². The van der Waals surface area contributed by atoms with Crippen molar-refractivity contribution in [3.63, 3.8) is 0 Å². The van der Waals surface area contributed by atoms with Crippen molar-refractivity contribution in [1.82, 2.24) is 19.1 Å². The van der Waals surface area contributed by atoms with Crippen molar-refractivity contribution in [1.29, 1.82) is 0 Å². The van der Waals surface area contributed by atoms with E-state index in [2.05, 4.69) is 15.3 Å². The summed E-state index contributed by atoms with van der Waals surface area (Å²) in [4.78, 5) is 46.5. The van der Waals surface area contributed by atoms with Crippen molar-refractivity contribution in [2.45, 2.75) is 13.1 Å². The molecular weight excluding hydrogens is 389 g/mol. The molecule has 9 heteroatoms. The maximum Gasteiger partial charge on any atom is 0.332 e. The molecular formula is C21H16FN5O3. The molecule has 0 aliphatic carbocycles. The minimum atomic E-state index is -0.666. The third-order valence-electron chi connectivity index (χ3n) is 4.53. The van der Waals surface area contributed by atoms with Crippen LogP contribution in [-0.2, 0) is 17.9 Å². The maximum atomic E-state index is 13.8. The van der Waals surface area contributed by atoms with E-state index in [0.29, 0.717) is 5.56 Å². The van der Waals surface area contributed by atoms with E-state index in [9.17, 15) is 18.8 Å². The summed E-state index contributed by atoms with van der Waals surface area (Å²) in [6.07, 6.45) is 4.55. The maximum absolute atomic E-state index is 13.8. The number of halogens is 1. The van der Waals surface area contributed by atoms with E-state index in [1.54, 1.807) is 36.7 Å². The smallest absolute Gasteiger partial charge is 0.322 e. The van der Waals surface area contributed by atoms with Crippen LogP contribution in [0, 0.1) is 5.82 Å². The summed E-state index contributed by atoms with van der Waals surface area (Å²) < 4.78 is 16.0. The number of benzene rings is 1. The number of fused-ring (bicyclic) bond motifs is 1. The molecule has 3 heterocycles. The number of carbonyl (C=O) groups excluding carboxylic acids is 1. The molecule has 150 valence electrons. The zero-order valence-corrected chi connectivity index (χ0v) is 15.7. The molecule has 4 aromatic rings. The number of amides is 1. The Bertz CT molecular complexity index is 1350. The van der Waals surface area contributed by atoms with Gasteiger partial charge in [-0.15, -0.1) is 0 Å². The van der Waals surface area contributed by atoms with Crippen LogP contribution in [0.15, 0.2) is 76.7 Å². The van der Waals surface area contributed by atoms with E-state index in [0.717, 1.165) is 9.13 Å². The standard InChI is InChI=1S/C21H16FN5O3/c22-15-4-1-2-5-16(15)25-18(28)13-26-17-6-3-9-24-19(17)20(29)27(21(26)30)12-14-7-10-23-11-8-14/h1-11H,12-13H2,(H,25,28). The molecule has 0 spiro atoms. The summed E-state index contributed by atoms with van der Waals surface area (Å²) in [5.74, 6) is -1.20. The number of hydrogen-bond acceptors (Lipinski definition) is 5. The third-order valence-corrected chi connectivity index (χ3v) is 4.53. The Morgan fingerprint density at radius 2 is 1.73 bits per heavy atom. The molecule has 1 N–H and O–H groups in total. The van der Waals surface area contributed by atoms with Gasteiger partial charge < -0.3 is 5.32 Å². The zero-order chi connectivity index (χ0) is 21.1. The van der Waals surface area contributed by atoms with Crippen LogP contribution >= 0.6 is 0 Å². The Hall–Kier alpha value is -4.14. The average Bonchev–Trinajstić information content (AvgIpc) is 2.76. The highest BCUT2D eigenvalue weighted by molar-refractivity contribution is 5.91. The van der Waals surface area contributed by atoms with E-state index in [4.69, 9.17) is 0 Å². The molecule has 3 aromatic heterocycles. The fourth-order valence-corrected chi connectivity index (χ4v) is 3.10. The van der Waals surface area contributed by atoms with Crippen molar-refractivity contribution in [2.24, 2.45) is 0 Å². The van der Waals surface area contributed by atoms with Crippen molar-refractivity contribution in [3.05, 3.63) is 99.3 Å². The van der Waals surface area contributed by atoms with Gasteiger partial charge in [0.1, 0.15) is 12.4 Å². The van der Waals surface area contributed by atoms with Gasteiger partial charge in [0.25, 0.3) is 5.56 Å². The summed E-state index contributed by atoms with van der Waals surface area (Å²) in [7, 11) is 0. The van der Waals surface area contributed by atoms with Crippen molar-refractivity contribution < 1.29 is 9.18 Å². The highest BCUT2D eigenvalue weighted by atomic mass is 19.1. The summed E-state index contributed by atoms with van der Waals surface area (Å²) in [6.45, 7) is -0.409. The van der Waals surface area contributed by atoms with Gasteiger partial charge in [0.2, 0.25) is 5.91 Å². The summed E-state index contributed by atoms with van der Waals surface area (Å²) in [5, 5.41) is 2.44. The predicted molar refractivity (Wildman–Crippen MR) is 109 cm³/mol. The summed E-state index contributed by atoms with van der Waals surface area (Å²) in [6, 6.07) is 12.2. The van der Waals surface area contributed by atoms with Crippen molar-refractivity contribution >= 4 is 22.6 Å². The SMILES string of the molecule is O=C(Cn1c(=O)n(Cc2ccncc2)c(=O)c2ncccc21)Nc1ccccc1F. The van der Waals surface area contributed by atoms with Crippen LogP contribution in [-0.4, -0.2) is 25.0 Å². The van der Waals surface area contributed by atoms with Gasteiger partial charge in [-0.1, -0.05) is 12.1 Å². The molecule has 1 aromatic carbocycles. The molecule has 0 atom stereocenters. The predicted octanol–water partition coefficient (Wildman–Crippen LogP) is 1.78. The van der Waals surface area contributed by atoms with Crippen LogP contribution in [0.2, 0.25) is 0 Å². The first kappa shape index (κ1) is 19.2. The van der Waals surface area contributed by atoms with Gasteiger partial charge in [0, 0.05) is 18.6 Å². The molecule has 4 rings (SSSR count). The highest BCUT2D eigenvalue weighted by Crippen LogP contribution is 2.13. The topological polar surface area (TPSA) is 98.9 Å². The quantitative estimate of drug-likeness (QED) is 0.546. The van der Waals surface area contributed by atoms with Gasteiger partial charge >= 0.3 is 5.69 Å². The molecule has 0 bridgehead atoms. The Morgan fingerprint density at radius 1 is 0.967 bits per heavy atom. The lowest BCUT2D eigenvalue weighted by Crippen LogP contribution is -2.42. The van der Waals surface area contributed by atoms with Gasteiger partial charge in [-0.3, -0.25) is 23.7 Å². The number of carbonyl (C=O) groups is 1. The minimum Gasteiger partial charge on any atom is -0.322 e. The number of nitrogens with one attached hydrogen (secondary N) is 1. The molecule has 0 saturated heterocycles. The lowest BCUT2D eigenvalue weighted by atomic mass is 10.2. The summed E-state index contributed by atoms with van der Waals surface area (Å²) >= 11 is 0. The third kappa shape index (κ3) is 3.72. The Balaban J connectivity index is 1.77. The van der Waals surface area contributed by atoms with E-state index in [1.165, 1.54) is 30.5 Å². The first-order valence-electron chi connectivity index (χ1n) is 9.06. The van der Waals surface area contributed by atoms with Gasteiger partial charge in [0.15, 0.2) is 5.52 Å². The largest absolute Gasteiger partial charge is 0.332 e. The Labute approximate surface area is 169 Å². The number of aromatic nitrogens is 4. The van der Waals surface area contributed by atoms with Crippen molar-refractivity contribution in [3.8, 4) is 0 Å². The van der Waals surface area contributed by atoms with Crippen LogP contribution in [0.5, 0.6) is 0 Å². The van der Waals surface area contributed by atoms with E-state index in [1.807, 2.05) is 0 Å². The van der Waals surface area contributed by atoms with Gasteiger partial charge in [-0.25, -0.2) is 14.2 Å². The van der Waals surface area contributed by atoms with Crippen molar-refractivity contribution in [2.75, 3.05) is 5.32 Å². The minimum absolute atomic E-state index is 0.00162. The lowest BCUT2D eigenvalue weighted by molar-refractivity contribution is -0.116. The second-order valence-corrected chi connectivity index (χ2v) is 6.51. The fourth-order valence-electron chi connectivity index (χ4n) is 3.10. The highest BCUT2D eigenvalue weighted by Gasteiger charge is 2.17. The number of rotatable bonds is 5. The number of hydrogen-bond donors (Lipinski definition) is 1. The van der Waals surface area contributed by atoms with Crippen LogP contribution < -0.4 is 16.6 Å². The monoisotopic (exact) mass is 405 g/mol. The molecule has 0 radical (unpaired) electrons. The first-order valence-corrected chi connectivity index (χ1v) is 9.06. The second-order valence-electron chi connectivity index (χ2n) is 6.51.